The number of quaternary nitrogens is 1. The van der Waals surface area contributed by atoms with Gasteiger partial charge in [-0.25, -0.2) is 0 Å². The van der Waals surface area contributed by atoms with Crippen molar-refractivity contribution in [2.75, 3.05) is 20.1 Å². The van der Waals surface area contributed by atoms with Crippen LogP contribution in [0.1, 0.15) is 37.4 Å². The number of H-pyrrole nitrogens is 1. The lowest BCUT2D eigenvalue weighted by Gasteiger charge is -2.60. The van der Waals surface area contributed by atoms with Gasteiger partial charge in [-0.3, -0.25) is 4.79 Å². The number of phenols is 1. The molecular formula is C21H27N2O3+. The van der Waals surface area contributed by atoms with Gasteiger partial charge in [-0.15, -0.1) is 0 Å². The monoisotopic (exact) mass is 355 g/mol. The van der Waals surface area contributed by atoms with Crippen LogP contribution in [0.25, 0.3) is 10.9 Å². The van der Waals surface area contributed by atoms with E-state index in [1.807, 2.05) is 6.07 Å². The lowest BCUT2D eigenvalue weighted by molar-refractivity contribution is -0.955. The Morgan fingerprint density at radius 1 is 1.42 bits per heavy atom. The number of carboxylic acids is 1. The Bertz CT molecular complexity index is 919. The van der Waals surface area contributed by atoms with Gasteiger partial charge < -0.3 is 19.7 Å². The van der Waals surface area contributed by atoms with E-state index in [-0.39, 0.29) is 11.8 Å². The number of aromatic amines is 1. The van der Waals surface area contributed by atoms with Crippen molar-refractivity contribution in [2.24, 2.45) is 11.8 Å². The number of aliphatic carboxylic acids is 1. The largest absolute Gasteiger partial charge is 0.508 e. The molecule has 0 amide bonds. The van der Waals surface area contributed by atoms with E-state index >= 15 is 0 Å². The third-order valence-electron chi connectivity index (χ3n) is 7.66. The molecule has 5 nitrogen and oxygen atoms in total. The highest BCUT2D eigenvalue weighted by molar-refractivity contribution is 5.91. The van der Waals surface area contributed by atoms with Gasteiger partial charge >= 0.3 is 5.97 Å². The summed E-state index contributed by atoms with van der Waals surface area (Å²) in [6, 6.07) is 5.47. The van der Waals surface area contributed by atoms with Gasteiger partial charge in [-0.05, 0) is 43.0 Å². The average Bonchev–Trinajstić information content (AvgIpc) is 2.93. The summed E-state index contributed by atoms with van der Waals surface area (Å²) in [7, 11) is 2.28. The molecule has 1 saturated carbocycles. The number of carboxylic acid groups (broad SMARTS) is 1. The van der Waals surface area contributed by atoms with E-state index in [4.69, 9.17) is 0 Å². The molecule has 4 bridgehead atoms. The smallest absolute Gasteiger partial charge is 0.321 e. The first-order valence-electron chi connectivity index (χ1n) is 9.80. The molecule has 5 heteroatoms. The quantitative estimate of drug-likeness (QED) is 0.725. The highest BCUT2D eigenvalue weighted by Gasteiger charge is 2.68. The SMILES string of the molecule is CCC1CC2CC3(C(=O)O)c4[nH]c5ccc(O)cc5c4CC[N+](C)(C2)C13. The van der Waals surface area contributed by atoms with Crippen LogP contribution in [-0.4, -0.2) is 51.8 Å². The molecule has 2 aromatic rings. The Morgan fingerprint density at radius 2 is 2.23 bits per heavy atom. The lowest BCUT2D eigenvalue weighted by atomic mass is 9.55. The van der Waals surface area contributed by atoms with Crippen LogP contribution in [0, 0.1) is 11.8 Å². The molecule has 2 saturated heterocycles. The highest BCUT2D eigenvalue weighted by Crippen LogP contribution is 2.57. The van der Waals surface area contributed by atoms with Gasteiger partial charge in [-0.1, -0.05) is 6.92 Å². The summed E-state index contributed by atoms with van der Waals surface area (Å²) < 4.78 is 0.873. The van der Waals surface area contributed by atoms with E-state index in [9.17, 15) is 15.0 Å². The Kier molecular flexibility index (Phi) is 3.13. The van der Waals surface area contributed by atoms with Gasteiger partial charge in [0.05, 0.1) is 20.1 Å². The van der Waals surface area contributed by atoms with Crippen molar-refractivity contribution in [3.63, 3.8) is 0 Å². The summed E-state index contributed by atoms with van der Waals surface area (Å²) in [6.45, 7) is 4.29. The number of hydrogen-bond donors (Lipinski definition) is 3. The molecule has 3 fully saturated rings. The van der Waals surface area contributed by atoms with Crippen LogP contribution in [0.3, 0.4) is 0 Å². The summed E-state index contributed by atoms with van der Waals surface area (Å²) in [6.07, 6.45) is 3.81. The van der Waals surface area contributed by atoms with Gasteiger partial charge in [-0.2, -0.15) is 0 Å². The Hall–Kier alpha value is -2.01. The van der Waals surface area contributed by atoms with Gasteiger partial charge in [0, 0.05) is 34.9 Å². The molecule has 1 aromatic heterocycles. The molecule has 138 valence electrons. The van der Waals surface area contributed by atoms with Gasteiger partial charge in [0.25, 0.3) is 0 Å². The number of nitrogens with zero attached hydrogens (tertiary/aromatic N) is 1. The van der Waals surface area contributed by atoms with Crippen LogP contribution in [-0.2, 0) is 16.6 Å². The summed E-state index contributed by atoms with van der Waals surface area (Å²) in [5.41, 5.74) is 2.14. The number of carbonyl (C=O) groups is 1. The zero-order valence-electron chi connectivity index (χ0n) is 15.5. The predicted octanol–water partition coefficient (Wildman–Crippen LogP) is 3.02. The van der Waals surface area contributed by atoms with Crippen molar-refractivity contribution in [3.05, 3.63) is 29.5 Å². The maximum atomic E-state index is 12.9. The van der Waals surface area contributed by atoms with E-state index in [0.717, 1.165) is 59.0 Å². The molecule has 3 N–H and O–H groups in total. The van der Waals surface area contributed by atoms with Gasteiger partial charge in [0.15, 0.2) is 5.41 Å². The minimum absolute atomic E-state index is 0.123. The van der Waals surface area contributed by atoms with Crippen molar-refractivity contribution >= 4 is 16.9 Å². The van der Waals surface area contributed by atoms with Crippen LogP contribution in [0.2, 0.25) is 0 Å². The van der Waals surface area contributed by atoms with Crippen LogP contribution in [0.15, 0.2) is 18.2 Å². The van der Waals surface area contributed by atoms with Gasteiger partial charge in [0.1, 0.15) is 11.8 Å². The first-order chi connectivity index (χ1) is 12.4. The van der Waals surface area contributed by atoms with E-state index in [0.29, 0.717) is 11.8 Å². The number of fused-ring (bicyclic) bond motifs is 4. The fourth-order valence-corrected chi connectivity index (χ4v) is 6.94. The van der Waals surface area contributed by atoms with Crippen LogP contribution in [0.4, 0.5) is 0 Å². The summed E-state index contributed by atoms with van der Waals surface area (Å²) in [5.74, 6) is 0.490. The van der Waals surface area contributed by atoms with Gasteiger partial charge in [0.2, 0.25) is 0 Å². The first-order valence-corrected chi connectivity index (χ1v) is 9.80. The fourth-order valence-electron chi connectivity index (χ4n) is 6.94. The number of nitrogens with one attached hydrogen (secondary N) is 1. The molecule has 0 spiro atoms. The number of phenolic OH excluding ortho intramolecular Hbond substituents is 1. The number of benzene rings is 1. The Labute approximate surface area is 153 Å². The molecule has 5 unspecified atom stereocenters. The molecule has 1 aliphatic carbocycles. The molecule has 4 heterocycles. The Balaban J connectivity index is 1.84. The molecular weight excluding hydrogens is 328 g/mol. The minimum Gasteiger partial charge on any atom is -0.508 e. The standard InChI is InChI=1S/C21H26N2O3/c1-3-13-8-12-10-21(20(25)26)18-15(6-7-23(2,11-12)19(13)21)16-9-14(24)4-5-17(16)22-18/h4-5,9,12-13,19,22H,3,6-8,10-11H2,1-2H3,(H-,24,25,26)/p+1. The molecule has 26 heavy (non-hydrogen) atoms. The number of hydrogen-bond acceptors (Lipinski definition) is 2. The van der Waals surface area contributed by atoms with E-state index < -0.39 is 11.4 Å². The van der Waals surface area contributed by atoms with Crippen molar-refractivity contribution < 1.29 is 19.5 Å². The number of likely N-dealkylation sites (N-methyl/N-ethyl adjacent to an activating group) is 1. The second-order valence-corrected chi connectivity index (χ2v) is 9.04. The zero-order chi connectivity index (χ0) is 18.3. The maximum absolute atomic E-state index is 12.9. The summed E-state index contributed by atoms with van der Waals surface area (Å²) in [5, 5.41) is 21.5. The molecule has 5 atom stereocenters. The van der Waals surface area contributed by atoms with Crippen molar-refractivity contribution in [1.29, 1.82) is 0 Å². The second-order valence-electron chi connectivity index (χ2n) is 9.04. The molecule has 3 aliphatic heterocycles. The Morgan fingerprint density at radius 3 is 2.96 bits per heavy atom. The number of rotatable bonds is 2. The first kappa shape index (κ1) is 16.2. The predicted molar refractivity (Wildman–Crippen MR) is 99.2 cm³/mol. The normalized spacial score (nSPS) is 38.2. The molecule has 4 aliphatic rings. The number of piperidine rings is 2. The van der Waals surface area contributed by atoms with E-state index in [2.05, 4.69) is 19.0 Å². The van der Waals surface area contributed by atoms with Crippen molar-refractivity contribution in [2.45, 2.75) is 44.1 Å². The fraction of sp³-hybridized carbons (Fsp3) is 0.571. The molecule has 1 aromatic carbocycles. The van der Waals surface area contributed by atoms with Crippen molar-refractivity contribution in [3.8, 4) is 5.75 Å². The summed E-state index contributed by atoms with van der Waals surface area (Å²) in [4.78, 5) is 16.4. The maximum Gasteiger partial charge on any atom is 0.321 e. The van der Waals surface area contributed by atoms with Crippen LogP contribution in [0.5, 0.6) is 5.75 Å². The highest BCUT2D eigenvalue weighted by atomic mass is 16.4. The average molecular weight is 355 g/mol. The molecule has 0 radical (unpaired) electrons. The molecule has 6 rings (SSSR count). The topological polar surface area (TPSA) is 73.3 Å². The third kappa shape index (κ3) is 1.82. The van der Waals surface area contributed by atoms with E-state index in [1.54, 1.807) is 12.1 Å². The summed E-state index contributed by atoms with van der Waals surface area (Å²) >= 11 is 0. The number of aromatic nitrogens is 1. The minimum atomic E-state index is -0.836. The third-order valence-corrected chi connectivity index (χ3v) is 7.66. The van der Waals surface area contributed by atoms with Crippen LogP contribution >= 0.6 is 0 Å². The van der Waals surface area contributed by atoms with Crippen molar-refractivity contribution in [1.82, 2.24) is 4.98 Å². The van der Waals surface area contributed by atoms with E-state index in [1.165, 1.54) is 6.42 Å². The lowest BCUT2D eigenvalue weighted by Crippen LogP contribution is -2.74. The second kappa shape index (κ2) is 5.03. The van der Waals surface area contributed by atoms with Crippen LogP contribution < -0.4 is 0 Å². The number of aromatic hydroxyl groups is 1. The zero-order valence-corrected chi connectivity index (χ0v) is 15.5.